The SMILES string of the molecule is O=C(O)[C@H]1C[C@@H]1Cc1cc[c]c(F)c1. The number of carbonyl (C=O) groups is 1. The van der Waals surface area contributed by atoms with Gasteiger partial charge >= 0.3 is 5.97 Å². The molecule has 1 N–H and O–H groups in total. The largest absolute Gasteiger partial charge is 0.481 e. The zero-order valence-electron chi connectivity index (χ0n) is 7.53. The first kappa shape index (κ1) is 9.19. The number of rotatable bonds is 3. The minimum absolute atomic E-state index is 0.189. The molecule has 1 aromatic rings. The van der Waals surface area contributed by atoms with Crippen LogP contribution in [0.3, 0.4) is 0 Å². The molecule has 0 aliphatic heterocycles. The van der Waals surface area contributed by atoms with Crippen LogP contribution < -0.4 is 0 Å². The Bertz CT molecular complexity index is 362. The highest BCUT2D eigenvalue weighted by Gasteiger charge is 2.42. The lowest BCUT2D eigenvalue weighted by atomic mass is 10.1. The van der Waals surface area contributed by atoms with Crippen LogP contribution in [0, 0.1) is 23.7 Å². The molecule has 0 unspecified atom stereocenters. The number of carboxylic acids is 1. The van der Waals surface area contributed by atoms with Gasteiger partial charge < -0.3 is 5.11 Å². The third-order valence-electron chi connectivity index (χ3n) is 2.57. The van der Waals surface area contributed by atoms with Gasteiger partial charge in [0.25, 0.3) is 0 Å². The number of halogens is 1. The minimum atomic E-state index is -0.738. The molecule has 14 heavy (non-hydrogen) atoms. The van der Waals surface area contributed by atoms with Crippen molar-refractivity contribution in [3.63, 3.8) is 0 Å². The summed E-state index contributed by atoms with van der Waals surface area (Å²) in [6.45, 7) is 0. The summed E-state index contributed by atoms with van der Waals surface area (Å²) >= 11 is 0. The van der Waals surface area contributed by atoms with E-state index in [0.717, 1.165) is 12.0 Å². The molecule has 2 atom stereocenters. The predicted octanol–water partition coefficient (Wildman–Crippen LogP) is 1.89. The van der Waals surface area contributed by atoms with E-state index in [4.69, 9.17) is 5.11 Å². The molecule has 2 rings (SSSR count). The highest BCUT2D eigenvalue weighted by molar-refractivity contribution is 5.73. The number of hydrogen-bond acceptors (Lipinski definition) is 1. The fraction of sp³-hybridized carbons (Fsp3) is 0.364. The van der Waals surface area contributed by atoms with Crippen LogP contribution in [0.2, 0.25) is 0 Å². The van der Waals surface area contributed by atoms with Crippen LogP contribution in [0.15, 0.2) is 18.2 Å². The second-order valence-corrected chi connectivity index (χ2v) is 3.69. The second-order valence-electron chi connectivity index (χ2n) is 3.69. The molecule has 3 heteroatoms. The summed E-state index contributed by atoms with van der Waals surface area (Å²) in [5, 5.41) is 8.68. The van der Waals surface area contributed by atoms with Crippen LogP contribution in [0.4, 0.5) is 4.39 Å². The molecule has 0 amide bonds. The topological polar surface area (TPSA) is 37.3 Å². The van der Waals surface area contributed by atoms with E-state index >= 15 is 0 Å². The lowest BCUT2D eigenvalue weighted by Crippen LogP contribution is -2.01. The summed E-state index contributed by atoms with van der Waals surface area (Å²) in [4.78, 5) is 10.5. The van der Waals surface area contributed by atoms with Gasteiger partial charge in [0.05, 0.1) is 5.92 Å². The predicted molar refractivity (Wildman–Crippen MR) is 48.2 cm³/mol. The lowest BCUT2D eigenvalue weighted by Gasteiger charge is -1.98. The van der Waals surface area contributed by atoms with E-state index in [9.17, 15) is 9.18 Å². The number of benzene rings is 1. The smallest absolute Gasteiger partial charge is 0.306 e. The van der Waals surface area contributed by atoms with Crippen molar-refractivity contribution in [2.24, 2.45) is 11.8 Å². The van der Waals surface area contributed by atoms with E-state index in [1.165, 1.54) is 12.1 Å². The Morgan fingerprint density at radius 3 is 3.07 bits per heavy atom. The Morgan fingerprint density at radius 2 is 2.50 bits per heavy atom. The van der Waals surface area contributed by atoms with Crippen molar-refractivity contribution in [2.45, 2.75) is 12.8 Å². The number of carboxylic acid groups (broad SMARTS) is 1. The quantitative estimate of drug-likeness (QED) is 0.795. The molecule has 1 aliphatic rings. The molecule has 1 radical (unpaired) electrons. The van der Waals surface area contributed by atoms with Crippen LogP contribution in [0.5, 0.6) is 0 Å². The average molecular weight is 193 g/mol. The molecule has 0 bridgehead atoms. The molecule has 0 saturated heterocycles. The zero-order chi connectivity index (χ0) is 10.1. The van der Waals surface area contributed by atoms with E-state index in [1.807, 2.05) is 0 Å². The fourth-order valence-electron chi connectivity index (χ4n) is 1.69. The Balaban J connectivity index is 1.97. The zero-order valence-corrected chi connectivity index (χ0v) is 7.53. The van der Waals surface area contributed by atoms with E-state index < -0.39 is 5.97 Å². The molecule has 1 aliphatic carbocycles. The Labute approximate surface area is 81.4 Å². The summed E-state index contributed by atoms with van der Waals surface area (Å²) in [5.74, 6) is -1.15. The summed E-state index contributed by atoms with van der Waals surface area (Å²) < 4.78 is 12.7. The average Bonchev–Trinajstić information content (AvgIpc) is 2.84. The molecule has 73 valence electrons. The first-order valence-electron chi connectivity index (χ1n) is 4.56. The van der Waals surface area contributed by atoms with Crippen molar-refractivity contribution >= 4 is 5.97 Å². The third-order valence-corrected chi connectivity index (χ3v) is 2.57. The van der Waals surface area contributed by atoms with Crippen LogP contribution >= 0.6 is 0 Å². The van der Waals surface area contributed by atoms with Gasteiger partial charge in [-0.15, -0.1) is 0 Å². The van der Waals surface area contributed by atoms with Crippen molar-refractivity contribution in [3.8, 4) is 0 Å². The standard InChI is InChI=1S/C11H10FO2/c12-9-3-1-2-7(5-9)4-8-6-10(8)11(13)14/h1-2,5,8,10H,4,6H2,(H,13,14)/t8-,10-/m0/s1. The van der Waals surface area contributed by atoms with Gasteiger partial charge in [-0.05, 0) is 30.4 Å². The van der Waals surface area contributed by atoms with Crippen LogP contribution in [0.25, 0.3) is 0 Å². The molecule has 2 nitrogen and oxygen atoms in total. The van der Waals surface area contributed by atoms with Gasteiger partial charge in [-0.2, -0.15) is 0 Å². The monoisotopic (exact) mass is 193 g/mol. The van der Waals surface area contributed by atoms with Gasteiger partial charge in [0.1, 0.15) is 5.82 Å². The Hall–Kier alpha value is -1.38. The molecular weight excluding hydrogens is 183 g/mol. The van der Waals surface area contributed by atoms with Gasteiger partial charge in [0.15, 0.2) is 0 Å². The normalized spacial score (nSPS) is 24.6. The van der Waals surface area contributed by atoms with Crippen LogP contribution in [-0.4, -0.2) is 11.1 Å². The van der Waals surface area contributed by atoms with Crippen molar-refractivity contribution < 1.29 is 14.3 Å². The summed E-state index contributed by atoms with van der Waals surface area (Å²) in [5.41, 5.74) is 0.856. The molecule has 1 saturated carbocycles. The fourth-order valence-corrected chi connectivity index (χ4v) is 1.69. The molecule has 1 fully saturated rings. The highest BCUT2D eigenvalue weighted by Crippen LogP contribution is 2.41. The second kappa shape index (κ2) is 3.40. The number of aliphatic carboxylic acids is 1. The highest BCUT2D eigenvalue weighted by atomic mass is 19.1. The molecule has 0 aromatic heterocycles. The van der Waals surface area contributed by atoms with E-state index in [0.29, 0.717) is 6.42 Å². The Morgan fingerprint density at radius 1 is 1.71 bits per heavy atom. The maximum atomic E-state index is 12.7. The lowest BCUT2D eigenvalue weighted by molar-refractivity contribution is -0.138. The third kappa shape index (κ3) is 1.92. The van der Waals surface area contributed by atoms with Crippen molar-refractivity contribution in [2.75, 3.05) is 0 Å². The molecular formula is C11H10FO2. The van der Waals surface area contributed by atoms with Gasteiger partial charge in [-0.25, -0.2) is 4.39 Å². The van der Waals surface area contributed by atoms with Gasteiger partial charge in [-0.3, -0.25) is 4.79 Å². The van der Waals surface area contributed by atoms with Crippen LogP contribution in [-0.2, 0) is 11.2 Å². The van der Waals surface area contributed by atoms with Crippen molar-refractivity contribution in [3.05, 3.63) is 35.6 Å². The summed E-state index contributed by atoms with van der Waals surface area (Å²) in [7, 11) is 0. The molecule has 0 spiro atoms. The van der Waals surface area contributed by atoms with Gasteiger partial charge in [-0.1, -0.05) is 12.1 Å². The Kier molecular flexibility index (Phi) is 2.23. The summed E-state index contributed by atoms with van der Waals surface area (Å²) in [6, 6.07) is 7.14. The van der Waals surface area contributed by atoms with E-state index in [1.54, 1.807) is 6.07 Å². The minimum Gasteiger partial charge on any atom is -0.481 e. The maximum Gasteiger partial charge on any atom is 0.306 e. The van der Waals surface area contributed by atoms with E-state index in [2.05, 4.69) is 6.07 Å². The maximum absolute atomic E-state index is 12.7. The van der Waals surface area contributed by atoms with Crippen molar-refractivity contribution in [1.82, 2.24) is 0 Å². The van der Waals surface area contributed by atoms with Crippen LogP contribution in [0.1, 0.15) is 12.0 Å². The number of hydrogen-bond donors (Lipinski definition) is 1. The van der Waals surface area contributed by atoms with Gasteiger partial charge in [0, 0.05) is 6.07 Å². The summed E-state index contributed by atoms with van der Waals surface area (Å²) in [6.07, 6.45) is 1.37. The first-order valence-corrected chi connectivity index (χ1v) is 4.56. The molecule has 1 aromatic carbocycles. The van der Waals surface area contributed by atoms with Gasteiger partial charge in [0.2, 0.25) is 0 Å². The van der Waals surface area contributed by atoms with E-state index in [-0.39, 0.29) is 17.7 Å². The molecule has 0 heterocycles. The first-order chi connectivity index (χ1) is 6.66. The van der Waals surface area contributed by atoms with Crippen molar-refractivity contribution in [1.29, 1.82) is 0 Å².